The first-order chi connectivity index (χ1) is 5.79. The number of rotatable bonds is 3. The number of hydrogen-bond acceptors (Lipinski definition) is 2. The fourth-order valence-corrected chi connectivity index (χ4v) is 1.30. The minimum Gasteiger partial charge on any atom is -0.478 e. The maximum Gasteiger partial charge on any atom is 0.328 e. The van der Waals surface area contributed by atoms with Crippen LogP contribution in [0, 0.1) is 0 Å². The molecular weight excluding hydrogens is 172 g/mol. The molecule has 0 unspecified atom stereocenters. The number of carbonyl (C=O) groups is 1. The number of allylic oxidation sites excluding steroid dienone is 2. The Labute approximate surface area is 74.5 Å². The molecule has 1 aromatic rings. The Morgan fingerprint density at radius 1 is 1.50 bits per heavy atom. The lowest BCUT2D eigenvalue weighted by atomic mass is 10.3. The smallest absolute Gasteiger partial charge is 0.328 e. The van der Waals surface area contributed by atoms with E-state index < -0.39 is 5.97 Å². The molecule has 0 amide bonds. The Hall–Kier alpha value is -1.35. The van der Waals surface area contributed by atoms with Crippen LogP contribution in [0.5, 0.6) is 0 Å². The quantitative estimate of drug-likeness (QED) is 0.573. The molecule has 1 aromatic heterocycles. The first-order valence-electron chi connectivity index (χ1n) is 3.39. The molecule has 1 rings (SSSR count). The van der Waals surface area contributed by atoms with E-state index in [9.17, 15) is 4.79 Å². The van der Waals surface area contributed by atoms with Crippen molar-refractivity contribution in [2.75, 3.05) is 0 Å². The Morgan fingerprint density at radius 2 is 2.33 bits per heavy atom. The van der Waals surface area contributed by atoms with Crippen molar-refractivity contribution in [2.45, 2.75) is 0 Å². The standard InChI is InChI=1S/C9H8O2S/c10-9(11)4-2-1-3-8-5-6-12-7-8/h1-7H,(H,10,11). The summed E-state index contributed by atoms with van der Waals surface area (Å²) in [4.78, 5) is 10.0. The van der Waals surface area contributed by atoms with Crippen molar-refractivity contribution in [1.29, 1.82) is 0 Å². The molecule has 0 aliphatic carbocycles. The van der Waals surface area contributed by atoms with Crippen molar-refractivity contribution in [3.8, 4) is 0 Å². The molecule has 62 valence electrons. The molecule has 1 N–H and O–H groups in total. The van der Waals surface area contributed by atoms with Crippen LogP contribution in [0.15, 0.2) is 35.1 Å². The lowest BCUT2D eigenvalue weighted by Gasteiger charge is -1.78. The van der Waals surface area contributed by atoms with Crippen LogP contribution >= 0.6 is 11.3 Å². The Balaban J connectivity index is 2.47. The van der Waals surface area contributed by atoms with Crippen molar-refractivity contribution < 1.29 is 9.90 Å². The van der Waals surface area contributed by atoms with Gasteiger partial charge in [-0.25, -0.2) is 4.79 Å². The summed E-state index contributed by atoms with van der Waals surface area (Å²) in [7, 11) is 0. The highest BCUT2D eigenvalue weighted by atomic mass is 32.1. The number of carboxylic acid groups (broad SMARTS) is 1. The zero-order valence-electron chi connectivity index (χ0n) is 6.31. The number of hydrogen-bond donors (Lipinski definition) is 1. The molecule has 0 saturated carbocycles. The van der Waals surface area contributed by atoms with Crippen molar-refractivity contribution in [3.05, 3.63) is 40.6 Å². The van der Waals surface area contributed by atoms with Crippen LogP contribution in [0.2, 0.25) is 0 Å². The highest BCUT2D eigenvalue weighted by Gasteiger charge is 1.83. The summed E-state index contributed by atoms with van der Waals surface area (Å²) in [5.41, 5.74) is 1.09. The molecule has 2 nitrogen and oxygen atoms in total. The van der Waals surface area contributed by atoms with Crippen LogP contribution in [0.1, 0.15) is 5.56 Å². The second-order valence-corrected chi connectivity index (χ2v) is 2.89. The highest BCUT2D eigenvalue weighted by Crippen LogP contribution is 2.07. The zero-order chi connectivity index (χ0) is 8.81. The van der Waals surface area contributed by atoms with E-state index in [2.05, 4.69) is 0 Å². The van der Waals surface area contributed by atoms with Crippen LogP contribution in [0.25, 0.3) is 6.08 Å². The minimum absolute atomic E-state index is 0.926. The van der Waals surface area contributed by atoms with Gasteiger partial charge in [0.1, 0.15) is 0 Å². The van der Waals surface area contributed by atoms with Gasteiger partial charge in [-0.1, -0.05) is 18.2 Å². The van der Waals surface area contributed by atoms with Gasteiger partial charge >= 0.3 is 5.97 Å². The summed E-state index contributed by atoms with van der Waals surface area (Å²) in [5, 5.41) is 12.2. The Kier molecular flexibility index (Phi) is 3.29. The molecule has 0 atom stereocenters. The summed E-state index contributed by atoms with van der Waals surface area (Å²) in [6.07, 6.45) is 6.16. The first-order valence-corrected chi connectivity index (χ1v) is 4.33. The van der Waals surface area contributed by atoms with Gasteiger partial charge in [0.05, 0.1) is 0 Å². The molecule has 0 aliphatic rings. The van der Waals surface area contributed by atoms with E-state index >= 15 is 0 Å². The topological polar surface area (TPSA) is 37.3 Å². The third-order valence-electron chi connectivity index (χ3n) is 1.18. The van der Waals surface area contributed by atoms with E-state index in [1.807, 2.05) is 22.9 Å². The van der Waals surface area contributed by atoms with Crippen LogP contribution < -0.4 is 0 Å². The van der Waals surface area contributed by atoms with E-state index in [4.69, 9.17) is 5.11 Å². The number of thiophene rings is 1. The van der Waals surface area contributed by atoms with E-state index in [1.54, 1.807) is 17.4 Å². The Morgan fingerprint density at radius 3 is 2.92 bits per heavy atom. The summed E-state index contributed by atoms with van der Waals surface area (Å²) < 4.78 is 0. The van der Waals surface area contributed by atoms with Crippen molar-refractivity contribution in [3.63, 3.8) is 0 Å². The second kappa shape index (κ2) is 4.51. The maximum absolute atomic E-state index is 10.0. The van der Waals surface area contributed by atoms with Crippen LogP contribution in [0.3, 0.4) is 0 Å². The largest absolute Gasteiger partial charge is 0.478 e. The van der Waals surface area contributed by atoms with Gasteiger partial charge in [0.2, 0.25) is 0 Å². The third-order valence-corrected chi connectivity index (χ3v) is 1.88. The lowest BCUT2D eigenvalue weighted by molar-refractivity contribution is -0.131. The summed E-state index contributed by atoms with van der Waals surface area (Å²) in [6, 6.07) is 1.97. The molecule has 0 aliphatic heterocycles. The highest BCUT2D eigenvalue weighted by molar-refractivity contribution is 7.08. The van der Waals surface area contributed by atoms with Gasteiger partial charge in [-0.05, 0) is 22.4 Å². The SMILES string of the molecule is O=C(O)C=CC=Cc1ccsc1. The monoisotopic (exact) mass is 180 g/mol. The van der Waals surface area contributed by atoms with E-state index in [0.29, 0.717) is 0 Å². The third kappa shape index (κ3) is 3.16. The van der Waals surface area contributed by atoms with Gasteiger partial charge in [0.25, 0.3) is 0 Å². The molecule has 1 heterocycles. The maximum atomic E-state index is 10.0. The number of carboxylic acids is 1. The molecule has 3 heteroatoms. The zero-order valence-corrected chi connectivity index (χ0v) is 7.12. The molecule has 0 saturated heterocycles. The average Bonchev–Trinajstić information content (AvgIpc) is 2.49. The molecule has 0 aromatic carbocycles. The first kappa shape index (κ1) is 8.74. The lowest BCUT2D eigenvalue weighted by Crippen LogP contribution is -1.84. The minimum atomic E-state index is -0.926. The van der Waals surface area contributed by atoms with Gasteiger partial charge in [-0.15, -0.1) is 0 Å². The fraction of sp³-hybridized carbons (Fsp3) is 0. The summed E-state index contributed by atoms with van der Waals surface area (Å²) >= 11 is 1.61. The van der Waals surface area contributed by atoms with Gasteiger partial charge in [0, 0.05) is 6.08 Å². The van der Waals surface area contributed by atoms with Crippen molar-refractivity contribution in [2.24, 2.45) is 0 Å². The molecular formula is C9H8O2S. The van der Waals surface area contributed by atoms with Gasteiger partial charge in [-0.2, -0.15) is 11.3 Å². The van der Waals surface area contributed by atoms with Crippen LogP contribution in [-0.2, 0) is 4.79 Å². The second-order valence-electron chi connectivity index (χ2n) is 2.11. The Bertz CT molecular complexity index is 296. The normalized spacial score (nSPS) is 11.3. The van der Waals surface area contributed by atoms with Crippen molar-refractivity contribution >= 4 is 23.4 Å². The predicted molar refractivity (Wildman–Crippen MR) is 50.1 cm³/mol. The van der Waals surface area contributed by atoms with E-state index in [0.717, 1.165) is 11.6 Å². The number of aliphatic carboxylic acids is 1. The van der Waals surface area contributed by atoms with Crippen LogP contribution in [0.4, 0.5) is 0 Å². The van der Waals surface area contributed by atoms with Crippen molar-refractivity contribution in [1.82, 2.24) is 0 Å². The van der Waals surface area contributed by atoms with E-state index in [1.165, 1.54) is 6.08 Å². The van der Waals surface area contributed by atoms with Gasteiger partial charge < -0.3 is 5.11 Å². The van der Waals surface area contributed by atoms with Gasteiger partial charge in [0.15, 0.2) is 0 Å². The van der Waals surface area contributed by atoms with E-state index in [-0.39, 0.29) is 0 Å². The summed E-state index contributed by atoms with van der Waals surface area (Å²) in [6.45, 7) is 0. The molecule has 0 fully saturated rings. The van der Waals surface area contributed by atoms with Crippen LogP contribution in [-0.4, -0.2) is 11.1 Å². The van der Waals surface area contributed by atoms with Gasteiger partial charge in [-0.3, -0.25) is 0 Å². The molecule has 12 heavy (non-hydrogen) atoms. The molecule has 0 spiro atoms. The fourth-order valence-electron chi connectivity index (χ4n) is 0.674. The summed E-state index contributed by atoms with van der Waals surface area (Å²) in [5.74, 6) is -0.926. The average molecular weight is 180 g/mol. The molecule has 0 radical (unpaired) electrons. The molecule has 0 bridgehead atoms. The predicted octanol–water partition coefficient (Wildman–Crippen LogP) is 2.40.